The van der Waals surface area contributed by atoms with E-state index in [9.17, 15) is 0 Å². The van der Waals surface area contributed by atoms with E-state index in [1.807, 2.05) is 6.21 Å². The maximum absolute atomic E-state index is 4.15. The van der Waals surface area contributed by atoms with Crippen molar-refractivity contribution in [1.82, 2.24) is 4.90 Å². The van der Waals surface area contributed by atoms with Crippen molar-refractivity contribution >= 4 is 6.21 Å². The molecule has 0 saturated carbocycles. The second kappa shape index (κ2) is 2.45. The highest BCUT2D eigenvalue weighted by Gasteiger charge is 2.14. The molecule has 54 valence electrons. The Morgan fingerprint density at radius 2 is 2.10 bits per heavy atom. The lowest BCUT2D eigenvalue weighted by atomic mass is 10.4. The Labute approximate surface area is 61.2 Å². The summed E-state index contributed by atoms with van der Waals surface area (Å²) in [5.74, 6) is 0. The minimum absolute atomic E-state index is 0.917. The number of nitrogens with zero attached hydrogens (tertiary/aromatic N) is 2. The maximum Gasteiger partial charge on any atom is 0.0788 e. The Hall–Kier alpha value is -0.790. The van der Waals surface area contributed by atoms with Crippen LogP contribution in [0.15, 0.2) is 16.8 Å². The third kappa shape index (κ3) is 0.939. The molecule has 10 heavy (non-hydrogen) atoms. The van der Waals surface area contributed by atoms with Gasteiger partial charge in [-0.15, -0.1) is 0 Å². The van der Waals surface area contributed by atoms with Gasteiger partial charge >= 0.3 is 0 Å². The number of allylic oxidation sites excluding steroid dienone is 1. The molecule has 2 heteroatoms. The smallest absolute Gasteiger partial charge is 0.0788 e. The predicted octanol–water partition coefficient (Wildman–Crippen LogP) is 1.05. The van der Waals surface area contributed by atoms with E-state index in [1.54, 1.807) is 0 Å². The van der Waals surface area contributed by atoms with E-state index in [0.29, 0.717) is 0 Å². The number of aliphatic imine (C=N–C) groups is 1. The molecule has 1 fully saturated rings. The van der Waals surface area contributed by atoms with Crippen molar-refractivity contribution in [2.45, 2.75) is 12.8 Å². The van der Waals surface area contributed by atoms with Gasteiger partial charge in [0.2, 0.25) is 0 Å². The van der Waals surface area contributed by atoms with Crippen molar-refractivity contribution in [3.63, 3.8) is 0 Å². The fraction of sp³-hybridized carbons (Fsp3) is 0.625. The fourth-order valence-electron chi connectivity index (χ4n) is 1.55. The number of hydrogen-bond donors (Lipinski definition) is 0. The SMILES string of the molecule is C1=NCC(N2CCCC2)=C1. The van der Waals surface area contributed by atoms with Crippen LogP contribution in [0, 0.1) is 0 Å². The molecule has 0 atom stereocenters. The maximum atomic E-state index is 4.15. The zero-order valence-electron chi connectivity index (χ0n) is 6.08. The topological polar surface area (TPSA) is 15.6 Å². The molecule has 0 aliphatic carbocycles. The van der Waals surface area contributed by atoms with Crippen molar-refractivity contribution < 1.29 is 0 Å². The monoisotopic (exact) mass is 136 g/mol. The summed E-state index contributed by atoms with van der Waals surface area (Å²) in [6, 6.07) is 0. The van der Waals surface area contributed by atoms with Crippen molar-refractivity contribution in [3.8, 4) is 0 Å². The Kier molecular flexibility index (Phi) is 1.46. The Morgan fingerprint density at radius 3 is 2.70 bits per heavy atom. The highest BCUT2D eigenvalue weighted by Crippen LogP contribution is 2.15. The quantitative estimate of drug-likeness (QED) is 0.526. The molecule has 2 aliphatic heterocycles. The van der Waals surface area contributed by atoms with Crippen molar-refractivity contribution in [2.24, 2.45) is 4.99 Å². The number of hydrogen-bond acceptors (Lipinski definition) is 2. The van der Waals surface area contributed by atoms with Gasteiger partial charge in [0.25, 0.3) is 0 Å². The van der Waals surface area contributed by atoms with Gasteiger partial charge in [0.1, 0.15) is 0 Å². The van der Waals surface area contributed by atoms with Crippen LogP contribution in [0.3, 0.4) is 0 Å². The average Bonchev–Trinajstić information content (AvgIpc) is 2.59. The fourth-order valence-corrected chi connectivity index (χ4v) is 1.55. The predicted molar refractivity (Wildman–Crippen MR) is 42.2 cm³/mol. The first-order valence-electron chi connectivity index (χ1n) is 3.91. The molecule has 0 aromatic rings. The number of likely N-dealkylation sites (tertiary alicyclic amines) is 1. The molecule has 0 N–H and O–H groups in total. The van der Waals surface area contributed by atoms with Crippen LogP contribution in [-0.4, -0.2) is 30.7 Å². The summed E-state index contributed by atoms with van der Waals surface area (Å²) >= 11 is 0. The Balaban J connectivity index is 1.99. The standard InChI is InChI=1S/C8H12N2/c1-2-6-10(5-1)8-3-4-9-7-8/h3-4H,1-2,5-7H2. The van der Waals surface area contributed by atoms with Crippen LogP contribution in [0.2, 0.25) is 0 Å². The number of rotatable bonds is 1. The van der Waals surface area contributed by atoms with Crippen LogP contribution in [-0.2, 0) is 0 Å². The summed E-state index contributed by atoms with van der Waals surface area (Å²) in [5, 5.41) is 0. The molecule has 0 unspecified atom stereocenters. The van der Waals surface area contributed by atoms with Crippen LogP contribution in [0.25, 0.3) is 0 Å². The van der Waals surface area contributed by atoms with Gasteiger partial charge in [-0.1, -0.05) is 0 Å². The molecular formula is C8H12N2. The van der Waals surface area contributed by atoms with Gasteiger partial charge in [-0.05, 0) is 18.9 Å². The Morgan fingerprint density at radius 1 is 1.30 bits per heavy atom. The second-order valence-corrected chi connectivity index (χ2v) is 2.84. The highest BCUT2D eigenvalue weighted by molar-refractivity contribution is 5.74. The third-order valence-electron chi connectivity index (χ3n) is 2.14. The van der Waals surface area contributed by atoms with E-state index >= 15 is 0 Å². The molecular weight excluding hydrogens is 124 g/mol. The molecule has 2 rings (SSSR count). The lowest BCUT2D eigenvalue weighted by molar-refractivity contribution is 0.423. The van der Waals surface area contributed by atoms with Gasteiger partial charge in [0.05, 0.1) is 6.54 Å². The van der Waals surface area contributed by atoms with E-state index in [1.165, 1.54) is 31.6 Å². The van der Waals surface area contributed by atoms with E-state index in [0.717, 1.165) is 6.54 Å². The van der Waals surface area contributed by atoms with Gasteiger partial charge in [-0.3, -0.25) is 4.99 Å². The summed E-state index contributed by atoms with van der Waals surface area (Å²) < 4.78 is 0. The van der Waals surface area contributed by atoms with Crippen molar-refractivity contribution in [3.05, 3.63) is 11.8 Å². The molecule has 0 aromatic heterocycles. The molecule has 0 amide bonds. The van der Waals surface area contributed by atoms with Crippen LogP contribution >= 0.6 is 0 Å². The van der Waals surface area contributed by atoms with Gasteiger partial charge in [-0.2, -0.15) is 0 Å². The lowest BCUT2D eigenvalue weighted by Crippen LogP contribution is -2.18. The summed E-state index contributed by atoms with van der Waals surface area (Å²) in [4.78, 5) is 6.59. The first kappa shape index (κ1) is 5.96. The minimum atomic E-state index is 0.917. The first-order chi connectivity index (χ1) is 4.97. The van der Waals surface area contributed by atoms with E-state index < -0.39 is 0 Å². The Bertz CT molecular complexity index is 176. The van der Waals surface area contributed by atoms with Crippen LogP contribution < -0.4 is 0 Å². The van der Waals surface area contributed by atoms with E-state index in [2.05, 4.69) is 16.0 Å². The van der Waals surface area contributed by atoms with Gasteiger partial charge in [0.15, 0.2) is 0 Å². The zero-order valence-corrected chi connectivity index (χ0v) is 6.08. The van der Waals surface area contributed by atoms with Gasteiger partial charge in [-0.25, -0.2) is 0 Å². The van der Waals surface area contributed by atoms with Gasteiger partial charge < -0.3 is 4.90 Å². The summed E-state index contributed by atoms with van der Waals surface area (Å²) in [6.45, 7) is 3.41. The zero-order chi connectivity index (χ0) is 6.81. The van der Waals surface area contributed by atoms with Crippen molar-refractivity contribution in [2.75, 3.05) is 19.6 Å². The summed E-state index contributed by atoms with van der Waals surface area (Å²) in [6.07, 6.45) is 6.76. The van der Waals surface area contributed by atoms with E-state index in [-0.39, 0.29) is 0 Å². The van der Waals surface area contributed by atoms with Crippen LogP contribution in [0.1, 0.15) is 12.8 Å². The molecule has 0 bridgehead atoms. The average molecular weight is 136 g/mol. The van der Waals surface area contributed by atoms with Crippen LogP contribution in [0.5, 0.6) is 0 Å². The normalized spacial score (nSPS) is 24.0. The van der Waals surface area contributed by atoms with Gasteiger partial charge in [0, 0.05) is 25.0 Å². The van der Waals surface area contributed by atoms with E-state index in [4.69, 9.17) is 0 Å². The largest absolute Gasteiger partial charge is 0.373 e. The minimum Gasteiger partial charge on any atom is -0.373 e. The second-order valence-electron chi connectivity index (χ2n) is 2.84. The molecule has 1 saturated heterocycles. The molecule has 2 aliphatic rings. The summed E-state index contributed by atoms with van der Waals surface area (Å²) in [7, 11) is 0. The summed E-state index contributed by atoms with van der Waals surface area (Å²) in [5.41, 5.74) is 1.41. The molecule has 2 heterocycles. The molecule has 0 spiro atoms. The molecule has 0 aromatic carbocycles. The lowest BCUT2D eigenvalue weighted by Gasteiger charge is -2.17. The third-order valence-corrected chi connectivity index (χ3v) is 2.14. The molecule has 2 nitrogen and oxygen atoms in total. The molecule has 0 radical (unpaired) electrons. The highest BCUT2D eigenvalue weighted by atomic mass is 15.2. The first-order valence-corrected chi connectivity index (χ1v) is 3.91. The van der Waals surface area contributed by atoms with Crippen molar-refractivity contribution in [1.29, 1.82) is 0 Å². The van der Waals surface area contributed by atoms with Crippen LogP contribution in [0.4, 0.5) is 0 Å².